The van der Waals surface area contributed by atoms with Gasteiger partial charge in [0.25, 0.3) is 0 Å². The number of nitrogens with two attached hydrogens (primary N) is 1. The maximum absolute atomic E-state index is 8.54. The van der Waals surface area contributed by atoms with E-state index in [0.717, 1.165) is 25.3 Å². The van der Waals surface area contributed by atoms with Crippen molar-refractivity contribution in [2.45, 2.75) is 12.5 Å². The Balaban J connectivity index is 2.11. The van der Waals surface area contributed by atoms with E-state index in [1.807, 2.05) is 13.1 Å². The van der Waals surface area contributed by atoms with Gasteiger partial charge in [-0.1, -0.05) is 5.16 Å². The first kappa shape index (κ1) is 11.7. The smallest absolute Gasteiger partial charge is 0.188 e. The van der Waals surface area contributed by atoms with Gasteiger partial charge in [-0.2, -0.15) is 0 Å². The Kier molecular flexibility index (Phi) is 3.43. The molecule has 6 heteroatoms. The molecule has 92 valence electrons. The Bertz CT molecular complexity index is 398. The third-order valence-electron chi connectivity index (χ3n) is 2.98. The van der Waals surface area contributed by atoms with Crippen LogP contribution in [0.4, 0.5) is 5.69 Å². The summed E-state index contributed by atoms with van der Waals surface area (Å²) in [6, 6.07) is 4.03. The fourth-order valence-corrected chi connectivity index (χ4v) is 1.84. The van der Waals surface area contributed by atoms with Crippen LogP contribution in [0.1, 0.15) is 12.1 Å². The van der Waals surface area contributed by atoms with Crippen LogP contribution in [-0.4, -0.2) is 42.3 Å². The number of pyridine rings is 1. The molecule has 17 heavy (non-hydrogen) atoms. The van der Waals surface area contributed by atoms with Gasteiger partial charge in [0.15, 0.2) is 5.84 Å². The summed E-state index contributed by atoms with van der Waals surface area (Å²) >= 11 is 0. The predicted octanol–water partition coefficient (Wildman–Crippen LogP) is 0.401. The molecule has 6 nitrogen and oxygen atoms in total. The summed E-state index contributed by atoms with van der Waals surface area (Å²) in [5.74, 6) is 0.0170. The Morgan fingerprint density at radius 1 is 1.65 bits per heavy atom. The van der Waals surface area contributed by atoms with Crippen molar-refractivity contribution in [1.29, 1.82) is 0 Å². The zero-order valence-corrected chi connectivity index (χ0v) is 9.71. The molecule has 0 bridgehead atoms. The lowest BCUT2D eigenvalue weighted by molar-refractivity contribution is 0.193. The SMILES string of the molecule is CN(c1ccc(/C(N)=N/O)nc1)C1CCOC1. The Hall–Kier alpha value is -1.82. The predicted molar refractivity (Wildman–Crippen MR) is 64.4 cm³/mol. The molecule has 1 fully saturated rings. The molecule has 0 aromatic carbocycles. The third kappa shape index (κ3) is 2.47. The van der Waals surface area contributed by atoms with E-state index in [4.69, 9.17) is 15.7 Å². The Labute approximate surface area is 99.7 Å². The molecule has 1 atom stereocenters. The van der Waals surface area contributed by atoms with Crippen molar-refractivity contribution >= 4 is 11.5 Å². The monoisotopic (exact) mass is 236 g/mol. The van der Waals surface area contributed by atoms with Crippen molar-refractivity contribution < 1.29 is 9.94 Å². The summed E-state index contributed by atoms with van der Waals surface area (Å²) < 4.78 is 5.34. The molecule has 0 saturated carbocycles. The van der Waals surface area contributed by atoms with Gasteiger partial charge in [-0.25, -0.2) is 0 Å². The van der Waals surface area contributed by atoms with Crippen LogP contribution in [0.3, 0.4) is 0 Å². The average Bonchev–Trinajstić information content (AvgIpc) is 2.91. The molecular formula is C11H16N4O2. The molecule has 1 aliphatic rings. The van der Waals surface area contributed by atoms with Gasteiger partial charge in [-0.05, 0) is 18.6 Å². The van der Waals surface area contributed by atoms with E-state index in [-0.39, 0.29) is 5.84 Å². The maximum Gasteiger partial charge on any atom is 0.188 e. The number of rotatable bonds is 3. The maximum atomic E-state index is 8.54. The van der Waals surface area contributed by atoms with E-state index < -0.39 is 0 Å². The largest absolute Gasteiger partial charge is 0.409 e. The lowest BCUT2D eigenvalue weighted by Gasteiger charge is -2.25. The van der Waals surface area contributed by atoms with Crippen molar-refractivity contribution in [3.8, 4) is 0 Å². The molecule has 2 rings (SSSR count). The van der Waals surface area contributed by atoms with Crippen molar-refractivity contribution in [2.24, 2.45) is 10.9 Å². The molecule has 1 aliphatic heterocycles. The van der Waals surface area contributed by atoms with Crippen LogP contribution in [0.5, 0.6) is 0 Å². The van der Waals surface area contributed by atoms with Gasteiger partial charge in [0.1, 0.15) is 5.69 Å². The van der Waals surface area contributed by atoms with Gasteiger partial charge in [-0.3, -0.25) is 4.98 Å². The fourth-order valence-electron chi connectivity index (χ4n) is 1.84. The lowest BCUT2D eigenvalue weighted by atomic mass is 10.2. The first-order chi connectivity index (χ1) is 8.22. The van der Waals surface area contributed by atoms with Crippen molar-refractivity contribution in [1.82, 2.24) is 4.98 Å². The van der Waals surface area contributed by atoms with Crippen molar-refractivity contribution in [2.75, 3.05) is 25.2 Å². The average molecular weight is 236 g/mol. The highest BCUT2D eigenvalue weighted by Crippen LogP contribution is 2.19. The number of anilines is 1. The number of hydrogen-bond acceptors (Lipinski definition) is 5. The second-order valence-electron chi connectivity index (χ2n) is 4.02. The van der Waals surface area contributed by atoms with Gasteiger partial charge in [0, 0.05) is 13.7 Å². The Morgan fingerprint density at radius 2 is 2.47 bits per heavy atom. The van der Waals surface area contributed by atoms with Crippen LogP contribution in [0, 0.1) is 0 Å². The molecule has 1 unspecified atom stereocenters. The van der Waals surface area contributed by atoms with E-state index in [0.29, 0.717) is 11.7 Å². The summed E-state index contributed by atoms with van der Waals surface area (Å²) in [4.78, 5) is 6.28. The van der Waals surface area contributed by atoms with E-state index >= 15 is 0 Å². The van der Waals surface area contributed by atoms with Gasteiger partial charge < -0.3 is 20.6 Å². The number of aromatic nitrogens is 1. The third-order valence-corrected chi connectivity index (χ3v) is 2.98. The minimum Gasteiger partial charge on any atom is -0.409 e. The topological polar surface area (TPSA) is 84.0 Å². The first-order valence-electron chi connectivity index (χ1n) is 5.47. The van der Waals surface area contributed by atoms with Crippen LogP contribution >= 0.6 is 0 Å². The van der Waals surface area contributed by atoms with Crippen molar-refractivity contribution in [3.05, 3.63) is 24.0 Å². The van der Waals surface area contributed by atoms with Gasteiger partial charge >= 0.3 is 0 Å². The summed E-state index contributed by atoms with van der Waals surface area (Å²) in [5.41, 5.74) is 6.91. The Morgan fingerprint density at radius 3 is 3.00 bits per heavy atom. The number of nitrogens with zero attached hydrogens (tertiary/aromatic N) is 3. The summed E-state index contributed by atoms with van der Waals surface area (Å²) in [6.45, 7) is 1.56. The van der Waals surface area contributed by atoms with Gasteiger partial charge in [-0.15, -0.1) is 0 Å². The quantitative estimate of drug-likeness (QED) is 0.343. The van der Waals surface area contributed by atoms with E-state index in [1.54, 1.807) is 12.3 Å². The number of hydrogen-bond donors (Lipinski definition) is 2. The number of amidine groups is 1. The highest BCUT2D eigenvalue weighted by molar-refractivity contribution is 5.95. The molecule has 1 aromatic rings. The summed E-state index contributed by atoms with van der Waals surface area (Å²) in [5, 5.41) is 11.4. The van der Waals surface area contributed by atoms with Crippen LogP contribution in [0.25, 0.3) is 0 Å². The summed E-state index contributed by atoms with van der Waals surface area (Å²) in [7, 11) is 2.01. The van der Waals surface area contributed by atoms with E-state index in [9.17, 15) is 0 Å². The molecule has 0 amide bonds. The number of likely N-dealkylation sites (N-methyl/N-ethyl adjacent to an activating group) is 1. The molecule has 1 saturated heterocycles. The molecule has 2 heterocycles. The van der Waals surface area contributed by atoms with Crippen LogP contribution in [-0.2, 0) is 4.74 Å². The lowest BCUT2D eigenvalue weighted by Crippen LogP contribution is -2.31. The van der Waals surface area contributed by atoms with E-state index in [1.165, 1.54) is 0 Å². The fraction of sp³-hybridized carbons (Fsp3) is 0.455. The second-order valence-corrected chi connectivity index (χ2v) is 4.02. The minimum atomic E-state index is 0.0170. The van der Waals surface area contributed by atoms with E-state index in [2.05, 4.69) is 15.0 Å². The zero-order valence-electron chi connectivity index (χ0n) is 9.71. The zero-order chi connectivity index (χ0) is 12.3. The second kappa shape index (κ2) is 5.01. The molecule has 0 radical (unpaired) electrons. The van der Waals surface area contributed by atoms with Crippen LogP contribution in [0.2, 0.25) is 0 Å². The summed E-state index contributed by atoms with van der Waals surface area (Å²) in [6.07, 6.45) is 2.74. The van der Waals surface area contributed by atoms with Crippen LogP contribution < -0.4 is 10.6 Å². The minimum absolute atomic E-state index is 0.0170. The van der Waals surface area contributed by atoms with Gasteiger partial charge in [0.2, 0.25) is 0 Å². The highest BCUT2D eigenvalue weighted by atomic mass is 16.5. The first-order valence-corrected chi connectivity index (χ1v) is 5.47. The molecular weight excluding hydrogens is 220 g/mol. The van der Waals surface area contributed by atoms with Crippen LogP contribution in [0.15, 0.2) is 23.5 Å². The molecule has 1 aromatic heterocycles. The number of oxime groups is 1. The van der Waals surface area contributed by atoms with Crippen molar-refractivity contribution in [3.63, 3.8) is 0 Å². The standard InChI is InChI=1S/C11H16N4O2/c1-15(9-4-5-17-7-9)8-2-3-10(13-6-8)11(12)14-16/h2-3,6,9,16H,4-5,7H2,1H3,(H2,12,14). The molecule has 0 spiro atoms. The normalized spacial score (nSPS) is 20.5. The molecule has 0 aliphatic carbocycles. The highest BCUT2D eigenvalue weighted by Gasteiger charge is 2.20. The number of ether oxygens (including phenoxy) is 1. The molecule has 3 N–H and O–H groups in total. The van der Waals surface area contributed by atoms with Gasteiger partial charge in [0.05, 0.1) is 24.5 Å².